The van der Waals surface area contributed by atoms with E-state index < -0.39 is 25.9 Å². The minimum Gasteiger partial charge on any atom is -0.558 e. The van der Waals surface area contributed by atoms with Crippen molar-refractivity contribution in [2.45, 2.75) is 24.8 Å². The number of hydrogen-bond acceptors (Lipinski definition) is 6. The van der Waals surface area contributed by atoms with E-state index >= 15 is 0 Å². The number of nitrogens with one attached hydrogen (secondary N) is 1. The Kier molecular flexibility index (Phi) is 6.63. The van der Waals surface area contributed by atoms with E-state index in [0.29, 0.717) is 5.56 Å². The van der Waals surface area contributed by atoms with Crippen molar-refractivity contribution in [1.82, 2.24) is 5.32 Å². The lowest BCUT2D eigenvalue weighted by molar-refractivity contribution is -0.178. The molecule has 1 aliphatic rings. The molecule has 0 bridgehead atoms. The van der Waals surface area contributed by atoms with Crippen LogP contribution in [0.2, 0.25) is 0 Å². The monoisotopic (exact) mass is 479 g/mol. The van der Waals surface area contributed by atoms with Crippen LogP contribution in [0.4, 0.5) is 4.79 Å². The number of ether oxygens (including phenoxy) is 1. The number of benzene rings is 3. The van der Waals surface area contributed by atoms with Crippen molar-refractivity contribution in [2.75, 3.05) is 6.61 Å². The number of carbonyl (C=O) groups excluding carboxylic acids is 1. The molecule has 0 aliphatic heterocycles. The molecule has 1 amide bonds. The standard InChI is InChI=1S/C25H22NO7P/c1-25(23(27)28,14-16-10-12-17(13-11-16)33-34(30)31)26-24(29)32-15-22-20-8-4-2-6-18(20)19-7-3-5-9-21(19)22/h2-13,22H,14-15H2,1H3,(H,26,29)(H,27,28)/t25-/m0/s1. The summed E-state index contributed by atoms with van der Waals surface area (Å²) in [5, 5.41) is 12.3. The third-order valence-corrected chi connectivity index (χ3v) is 6.21. The summed E-state index contributed by atoms with van der Waals surface area (Å²) in [6.45, 7) is 1.45. The summed E-state index contributed by atoms with van der Waals surface area (Å²) < 4.78 is 20.7. The van der Waals surface area contributed by atoms with Gasteiger partial charge in [-0.2, -0.15) is 0 Å². The Labute approximate surface area is 197 Å². The van der Waals surface area contributed by atoms with E-state index in [1.807, 2.05) is 48.5 Å². The Morgan fingerprint density at radius 1 is 1.00 bits per heavy atom. The van der Waals surface area contributed by atoms with Crippen molar-refractivity contribution in [3.8, 4) is 16.9 Å². The third-order valence-electron chi connectivity index (χ3n) is 5.85. The average molecular weight is 479 g/mol. The number of alkyl carbamates (subject to hydrolysis) is 1. The first-order chi connectivity index (χ1) is 16.3. The number of rotatable bonds is 8. The van der Waals surface area contributed by atoms with Crippen LogP contribution in [-0.4, -0.2) is 29.3 Å². The third kappa shape index (κ3) is 4.93. The van der Waals surface area contributed by atoms with Gasteiger partial charge in [-0.1, -0.05) is 60.7 Å². The second kappa shape index (κ2) is 9.63. The molecule has 8 nitrogen and oxygen atoms in total. The molecule has 0 aromatic heterocycles. The van der Waals surface area contributed by atoms with Crippen LogP contribution in [0.3, 0.4) is 0 Å². The number of aliphatic carboxylic acids is 1. The van der Waals surface area contributed by atoms with Gasteiger partial charge in [0.05, 0.1) is 0 Å². The molecule has 3 aromatic carbocycles. The van der Waals surface area contributed by atoms with Crippen LogP contribution < -0.4 is 14.7 Å². The fourth-order valence-corrected chi connectivity index (χ4v) is 4.49. The Morgan fingerprint density at radius 2 is 1.56 bits per heavy atom. The van der Waals surface area contributed by atoms with Crippen LogP contribution in [-0.2, 0) is 20.5 Å². The molecule has 1 aliphatic carbocycles. The van der Waals surface area contributed by atoms with E-state index in [0.717, 1.165) is 22.3 Å². The van der Waals surface area contributed by atoms with Crippen LogP contribution in [0.5, 0.6) is 5.75 Å². The highest BCUT2D eigenvalue weighted by molar-refractivity contribution is 7.31. The molecular formula is C25H22NO7P. The first kappa shape index (κ1) is 23.4. The fourth-order valence-electron chi connectivity index (χ4n) is 4.20. The van der Waals surface area contributed by atoms with Gasteiger partial charge >= 0.3 is 20.3 Å². The topological polar surface area (TPSA) is 125 Å². The molecule has 3 aromatic rings. The summed E-state index contributed by atoms with van der Waals surface area (Å²) in [6.07, 6.45) is -0.883. The summed E-state index contributed by atoms with van der Waals surface area (Å²) in [4.78, 5) is 35.3. The molecule has 34 heavy (non-hydrogen) atoms. The van der Waals surface area contributed by atoms with Crippen molar-refractivity contribution < 1.29 is 33.4 Å². The summed E-state index contributed by atoms with van der Waals surface area (Å²) >= 11 is 0. The highest BCUT2D eigenvalue weighted by Gasteiger charge is 2.36. The van der Waals surface area contributed by atoms with Gasteiger partial charge in [-0.3, -0.25) is 4.52 Å². The Balaban J connectivity index is 1.43. The first-order valence-electron chi connectivity index (χ1n) is 10.5. The molecule has 0 radical (unpaired) electrons. The van der Waals surface area contributed by atoms with Crippen molar-refractivity contribution >= 4 is 20.3 Å². The lowest BCUT2D eigenvalue weighted by Crippen LogP contribution is -2.54. The zero-order valence-electron chi connectivity index (χ0n) is 18.3. The van der Waals surface area contributed by atoms with Crippen LogP contribution in [0, 0.1) is 0 Å². The fraction of sp³-hybridized carbons (Fsp3) is 0.200. The van der Waals surface area contributed by atoms with Crippen molar-refractivity contribution in [3.63, 3.8) is 0 Å². The van der Waals surface area contributed by atoms with Crippen molar-refractivity contribution in [3.05, 3.63) is 89.5 Å². The van der Waals surface area contributed by atoms with Crippen LogP contribution in [0.1, 0.15) is 29.5 Å². The maximum absolute atomic E-state index is 12.6. The van der Waals surface area contributed by atoms with E-state index in [1.165, 1.54) is 31.2 Å². The highest BCUT2D eigenvalue weighted by Crippen LogP contribution is 2.44. The molecule has 4 rings (SSSR count). The number of carbonyl (C=O) groups is 2. The minimum absolute atomic E-state index is 0.0453. The van der Waals surface area contributed by atoms with Gasteiger partial charge in [-0.15, -0.1) is 0 Å². The van der Waals surface area contributed by atoms with E-state index in [4.69, 9.17) is 4.74 Å². The maximum Gasteiger partial charge on any atom is 0.539 e. The zero-order chi connectivity index (χ0) is 24.3. The lowest BCUT2D eigenvalue weighted by Gasteiger charge is -2.26. The molecule has 1 unspecified atom stereocenters. The van der Waals surface area contributed by atoms with E-state index in [9.17, 15) is 24.2 Å². The van der Waals surface area contributed by atoms with Gasteiger partial charge in [0, 0.05) is 12.3 Å². The molecule has 0 heterocycles. The van der Waals surface area contributed by atoms with Gasteiger partial charge in [0.1, 0.15) is 12.1 Å². The highest BCUT2D eigenvalue weighted by atomic mass is 31.1. The quantitative estimate of drug-likeness (QED) is 0.468. The Hall–Kier alpha value is -3.74. The molecule has 0 saturated heterocycles. The van der Waals surface area contributed by atoms with Gasteiger partial charge in [-0.05, 0) is 51.4 Å². The van der Waals surface area contributed by atoms with Gasteiger partial charge in [0.15, 0.2) is 5.75 Å². The normalized spacial score (nSPS) is 14.4. The number of hydrogen-bond donors (Lipinski definition) is 2. The van der Waals surface area contributed by atoms with E-state index in [2.05, 4.69) is 9.84 Å². The predicted octanol–water partition coefficient (Wildman–Crippen LogP) is 4.01. The van der Waals surface area contributed by atoms with Crippen LogP contribution >= 0.6 is 8.25 Å². The predicted molar refractivity (Wildman–Crippen MR) is 123 cm³/mol. The second-order valence-electron chi connectivity index (χ2n) is 8.22. The Morgan fingerprint density at radius 3 is 2.09 bits per heavy atom. The zero-order valence-corrected chi connectivity index (χ0v) is 19.2. The first-order valence-corrected chi connectivity index (χ1v) is 11.6. The summed E-state index contributed by atoms with van der Waals surface area (Å²) in [6, 6.07) is 21.7. The number of carboxylic acid groups (broad SMARTS) is 1. The van der Waals surface area contributed by atoms with E-state index in [1.54, 1.807) is 0 Å². The number of carboxylic acids is 1. The largest absolute Gasteiger partial charge is 0.558 e. The Bertz CT molecular complexity index is 1200. The van der Waals surface area contributed by atoms with Gasteiger partial charge in [-0.25, -0.2) is 9.59 Å². The molecule has 0 saturated carbocycles. The maximum atomic E-state index is 12.6. The van der Waals surface area contributed by atoms with Gasteiger partial charge < -0.3 is 20.1 Å². The molecule has 0 fully saturated rings. The summed E-state index contributed by atoms with van der Waals surface area (Å²) in [5.41, 5.74) is 3.22. The molecular weight excluding hydrogens is 457 g/mol. The molecule has 0 spiro atoms. The van der Waals surface area contributed by atoms with Crippen LogP contribution in [0.25, 0.3) is 11.1 Å². The number of amides is 1. The van der Waals surface area contributed by atoms with Crippen molar-refractivity contribution in [1.29, 1.82) is 0 Å². The SMILES string of the molecule is C[C@@](Cc1ccc(O[P+](=O)[O-])cc1)(NC(=O)OCC1c2ccccc2-c2ccccc21)C(=O)O. The van der Waals surface area contributed by atoms with Gasteiger partial charge in [0.25, 0.3) is 0 Å². The van der Waals surface area contributed by atoms with Crippen molar-refractivity contribution in [2.24, 2.45) is 0 Å². The van der Waals surface area contributed by atoms with Gasteiger partial charge in [0.2, 0.25) is 0 Å². The smallest absolute Gasteiger partial charge is 0.539 e. The summed E-state index contributed by atoms with van der Waals surface area (Å²) in [5.74, 6) is -1.26. The minimum atomic E-state index is -3.04. The molecule has 174 valence electrons. The van der Waals surface area contributed by atoms with Crippen LogP contribution in [0.15, 0.2) is 72.8 Å². The summed E-state index contributed by atoms with van der Waals surface area (Å²) in [7, 11) is -3.04. The number of fused-ring (bicyclic) bond motifs is 3. The molecule has 2 N–H and O–H groups in total. The lowest BCUT2D eigenvalue weighted by atomic mass is 9.93. The second-order valence-corrected chi connectivity index (χ2v) is 8.85. The average Bonchev–Trinajstić information content (AvgIpc) is 3.12. The molecule has 9 heteroatoms. The molecule has 2 atom stereocenters. The van der Waals surface area contributed by atoms with E-state index in [-0.39, 0.29) is 24.7 Å².